The van der Waals surface area contributed by atoms with Gasteiger partial charge in [0.2, 0.25) is 0 Å². The van der Waals surface area contributed by atoms with Crippen molar-refractivity contribution in [1.82, 2.24) is 20.0 Å². The molecule has 1 aromatic carbocycles. The molecule has 3 rings (SSSR count). The Bertz CT molecular complexity index is 844. The summed E-state index contributed by atoms with van der Waals surface area (Å²) in [6.45, 7) is 0. The van der Waals surface area contributed by atoms with Crippen LogP contribution in [0.25, 0.3) is 5.69 Å². The van der Waals surface area contributed by atoms with Crippen LogP contribution in [0.3, 0.4) is 0 Å². The largest absolute Gasteiger partial charge is 0.284 e. The zero-order chi connectivity index (χ0) is 14.9. The Morgan fingerprint density at radius 1 is 1.33 bits per heavy atom. The van der Waals surface area contributed by atoms with E-state index in [1.165, 1.54) is 29.2 Å². The molecule has 0 saturated carbocycles. The number of hydrogen-bond acceptors (Lipinski definition) is 4. The fourth-order valence-corrected chi connectivity index (χ4v) is 2.76. The highest BCUT2D eigenvalue weighted by Gasteiger charge is 2.18. The first-order valence-electron chi connectivity index (χ1n) is 5.87. The lowest BCUT2D eigenvalue weighted by atomic mass is 10.2. The van der Waals surface area contributed by atoms with E-state index < -0.39 is 15.8 Å². The molecule has 0 spiro atoms. The van der Waals surface area contributed by atoms with E-state index in [0.717, 1.165) is 12.3 Å². The number of nitrogens with zero attached hydrogens (tertiary/aromatic N) is 3. The molecule has 0 fully saturated rings. The third kappa shape index (κ3) is 2.63. The van der Waals surface area contributed by atoms with Gasteiger partial charge in [0.1, 0.15) is 10.7 Å². The number of sulfonamides is 1. The molecular weight excluding hydrogens is 297 g/mol. The predicted molar refractivity (Wildman–Crippen MR) is 72.9 cm³/mol. The van der Waals surface area contributed by atoms with Crippen LogP contribution in [-0.2, 0) is 10.0 Å². The second kappa shape index (κ2) is 5.02. The highest BCUT2D eigenvalue weighted by molar-refractivity contribution is 7.92. The molecule has 0 aliphatic heterocycles. The average Bonchev–Trinajstić information content (AvgIpc) is 3.12. The van der Waals surface area contributed by atoms with E-state index in [1.54, 1.807) is 12.3 Å². The summed E-state index contributed by atoms with van der Waals surface area (Å²) in [5.74, 6) is -0.559. The van der Waals surface area contributed by atoms with Gasteiger partial charge in [-0.1, -0.05) is 0 Å². The van der Waals surface area contributed by atoms with Gasteiger partial charge in [0, 0.05) is 24.7 Å². The molecule has 0 aliphatic carbocycles. The summed E-state index contributed by atoms with van der Waals surface area (Å²) in [6.07, 6.45) is 5.56. The minimum absolute atomic E-state index is 0.0434. The molecule has 9 heteroatoms. The average molecular weight is 307 g/mol. The molecule has 2 N–H and O–H groups in total. The zero-order valence-electron chi connectivity index (χ0n) is 10.6. The van der Waals surface area contributed by atoms with Crippen molar-refractivity contribution in [2.24, 2.45) is 0 Å². The van der Waals surface area contributed by atoms with Crippen molar-refractivity contribution in [3.05, 3.63) is 54.9 Å². The van der Waals surface area contributed by atoms with E-state index in [9.17, 15) is 12.8 Å². The molecule has 21 heavy (non-hydrogen) atoms. The fourth-order valence-electron chi connectivity index (χ4n) is 1.79. The monoisotopic (exact) mass is 307 g/mol. The molecule has 0 radical (unpaired) electrons. The summed E-state index contributed by atoms with van der Waals surface area (Å²) in [7, 11) is -3.85. The van der Waals surface area contributed by atoms with Gasteiger partial charge >= 0.3 is 0 Å². The van der Waals surface area contributed by atoms with Crippen molar-refractivity contribution in [2.75, 3.05) is 4.72 Å². The molecule has 108 valence electrons. The summed E-state index contributed by atoms with van der Waals surface area (Å²) in [6, 6.07) is 5.44. The SMILES string of the molecule is O=S(=O)(Nc1cc(F)ccc1-n1cccn1)c1cn[nH]c1. The summed E-state index contributed by atoms with van der Waals surface area (Å²) in [5, 5.41) is 10.0. The van der Waals surface area contributed by atoms with Crippen molar-refractivity contribution in [1.29, 1.82) is 0 Å². The van der Waals surface area contributed by atoms with Gasteiger partial charge in [-0.05, 0) is 18.2 Å². The van der Waals surface area contributed by atoms with Crippen molar-refractivity contribution in [3.8, 4) is 5.69 Å². The number of aromatic nitrogens is 4. The number of halogens is 1. The molecule has 0 unspecified atom stereocenters. The second-order valence-corrected chi connectivity index (χ2v) is 5.83. The van der Waals surface area contributed by atoms with E-state index >= 15 is 0 Å². The van der Waals surface area contributed by atoms with Crippen LogP contribution in [0, 0.1) is 5.82 Å². The first-order chi connectivity index (χ1) is 10.1. The van der Waals surface area contributed by atoms with Gasteiger partial charge in [0.05, 0.1) is 17.6 Å². The van der Waals surface area contributed by atoms with Crippen LogP contribution in [0.5, 0.6) is 0 Å². The van der Waals surface area contributed by atoms with Gasteiger partial charge in [-0.2, -0.15) is 10.2 Å². The summed E-state index contributed by atoms with van der Waals surface area (Å²) in [4.78, 5) is -0.0434. The molecule has 0 bridgehead atoms. The van der Waals surface area contributed by atoms with Crippen molar-refractivity contribution >= 4 is 15.7 Å². The molecule has 3 aromatic rings. The van der Waals surface area contributed by atoms with E-state index in [-0.39, 0.29) is 10.6 Å². The molecule has 0 aliphatic rings. The molecule has 7 nitrogen and oxygen atoms in total. The van der Waals surface area contributed by atoms with Gasteiger partial charge in [0.25, 0.3) is 10.0 Å². The van der Waals surface area contributed by atoms with E-state index in [0.29, 0.717) is 5.69 Å². The standard InChI is InChI=1S/C12H10FN5O2S/c13-9-2-3-12(18-5-1-4-16-18)11(6-9)17-21(19,20)10-7-14-15-8-10/h1-8,17H,(H,14,15). The Morgan fingerprint density at radius 3 is 2.86 bits per heavy atom. The second-order valence-electron chi connectivity index (χ2n) is 4.15. The number of benzene rings is 1. The number of hydrogen-bond donors (Lipinski definition) is 2. The topological polar surface area (TPSA) is 92.7 Å². The number of rotatable bonds is 4. The fraction of sp³-hybridized carbons (Fsp3) is 0. The Morgan fingerprint density at radius 2 is 2.19 bits per heavy atom. The molecule has 0 atom stereocenters. The number of anilines is 1. The molecule has 0 amide bonds. The van der Waals surface area contributed by atoms with E-state index in [4.69, 9.17) is 0 Å². The Hall–Kier alpha value is -2.68. The summed E-state index contributed by atoms with van der Waals surface area (Å²) >= 11 is 0. The zero-order valence-corrected chi connectivity index (χ0v) is 11.4. The number of aromatic amines is 1. The lowest BCUT2D eigenvalue weighted by Crippen LogP contribution is -2.14. The van der Waals surface area contributed by atoms with Crippen molar-refractivity contribution in [2.45, 2.75) is 4.90 Å². The van der Waals surface area contributed by atoms with Crippen LogP contribution in [-0.4, -0.2) is 28.4 Å². The van der Waals surface area contributed by atoms with Gasteiger partial charge in [-0.25, -0.2) is 17.5 Å². The number of H-pyrrole nitrogens is 1. The smallest absolute Gasteiger partial charge is 0.265 e. The quantitative estimate of drug-likeness (QED) is 0.764. The Labute approximate surface area is 119 Å². The highest BCUT2D eigenvalue weighted by Crippen LogP contribution is 2.23. The summed E-state index contributed by atoms with van der Waals surface area (Å²) < 4.78 is 41.5. The maximum Gasteiger partial charge on any atom is 0.265 e. The maximum absolute atomic E-state index is 13.4. The first-order valence-corrected chi connectivity index (χ1v) is 7.36. The minimum atomic E-state index is -3.85. The maximum atomic E-state index is 13.4. The van der Waals surface area contributed by atoms with Crippen LogP contribution in [0.1, 0.15) is 0 Å². The number of nitrogens with one attached hydrogen (secondary N) is 2. The van der Waals surface area contributed by atoms with Crippen LogP contribution >= 0.6 is 0 Å². The third-order valence-electron chi connectivity index (χ3n) is 2.74. The minimum Gasteiger partial charge on any atom is -0.284 e. The molecular formula is C12H10FN5O2S. The Kier molecular flexibility index (Phi) is 3.18. The highest BCUT2D eigenvalue weighted by atomic mass is 32.2. The van der Waals surface area contributed by atoms with Crippen molar-refractivity contribution in [3.63, 3.8) is 0 Å². The van der Waals surface area contributed by atoms with Gasteiger partial charge < -0.3 is 0 Å². The van der Waals surface area contributed by atoms with Crippen LogP contribution in [0.2, 0.25) is 0 Å². The van der Waals surface area contributed by atoms with Gasteiger partial charge in [-0.3, -0.25) is 9.82 Å². The normalized spacial score (nSPS) is 11.5. The Balaban J connectivity index is 2.05. The van der Waals surface area contributed by atoms with E-state index in [2.05, 4.69) is 20.0 Å². The van der Waals surface area contributed by atoms with Crippen LogP contribution < -0.4 is 4.72 Å². The summed E-state index contributed by atoms with van der Waals surface area (Å²) in [5.41, 5.74) is 0.494. The van der Waals surface area contributed by atoms with Gasteiger partial charge in [0.15, 0.2) is 0 Å². The van der Waals surface area contributed by atoms with Crippen LogP contribution in [0.4, 0.5) is 10.1 Å². The van der Waals surface area contributed by atoms with E-state index in [1.807, 2.05) is 0 Å². The predicted octanol–water partition coefficient (Wildman–Crippen LogP) is 1.54. The molecule has 2 heterocycles. The molecule has 2 aromatic heterocycles. The van der Waals surface area contributed by atoms with Gasteiger partial charge in [-0.15, -0.1) is 0 Å². The van der Waals surface area contributed by atoms with Crippen molar-refractivity contribution < 1.29 is 12.8 Å². The third-order valence-corrected chi connectivity index (χ3v) is 4.07. The lowest BCUT2D eigenvalue weighted by molar-refractivity contribution is 0.601. The lowest BCUT2D eigenvalue weighted by Gasteiger charge is -2.12. The first kappa shape index (κ1) is 13.3. The molecule has 0 saturated heterocycles. The van der Waals surface area contributed by atoms with Crippen LogP contribution in [0.15, 0.2) is 53.9 Å².